The van der Waals surface area contributed by atoms with Crippen LogP contribution in [0.25, 0.3) is 0 Å². The lowest BCUT2D eigenvalue weighted by atomic mass is 9.96. The molecule has 0 fully saturated rings. The summed E-state index contributed by atoms with van der Waals surface area (Å²) in [5, 5.41) is 0.889. The minimum Gasteiger partial charge on any atom is -0.379 e. The van der Waals surface area contributed by atoms with Crippen molar-refractivity contribution in [1.29, 1.82) is 0 Å². The number of aromatic nitrogens is 2. The third-order valence-electron chi connectivity index (χ3n) is 3.26. The Bertz CT molecular complexity index is 386. The van der Waals surface area contributed by atoms with Crippen molar-refractivity contribution < 1.29 is 4.74 Å². The number of nitrogens with zero attached hydrogens (tertiary/aromatic N) is 3. The van der Waals surface area contributed by atoms with Gasteiger partial charge in [-0.25, -0.2) is 9.97 Å². The minimum atomic E-state index is 0.737. The van der Waals surface area contributed by atoms with Gasteiger partial charge >= 0.3 is 0 Å². The number of likely N-dealkylation sites (N-methyl/N-ethyl adjacent to an activating group) is 1. The van der Waals surface area contributed by atoms with Gasteiger partial charge in [-0.05, 0) is 25.7 Å². The zero-order chi connectivity index (χ0) is 12.8. The summed E-state index contributed by atoms with van der Waals surface area (Å²) in [5.41, 5.74) is 2.58. The van der Waals surface area contributed by atoms with E-state index in [-0.39, 0.29) is 0 Å². The van der Waals surface area contributed by atoms with Crippen LogP contribution < -0.4 is 4.90 Å². The molecule has 1 aromatic rings. The average molecular weight is 314 g/mol. The third kappa shape index (κ3) is 3.42. The zero-order valence-electron chi connectivity index (χ0n) is 10.9. The smallest absolute Gasteiger partial charge is 0.135 e. The maximum absolute atomic E-state index is 5.49. The Morgan fingerprint density at radius 3 is 2.94 bits per heavy atom. The molecule has 0 radical (unpaired) electrons. The van der Waals surface area contributed by atoms with Gasteiger partial charge in [-0.1, -0.05) is 15.9 Å². The molecule has 0 N–H and O–H groups in total. The number of halogens is 1. The number of hydrogen-bond acceptors (Lipinski definition) is 4. The maximum atomic E-state index is 5.49. The van der Waals surface area contributed by atoms with Gasteiger partial charge in [-0.2, -0.15) is 0 Å². The molecule has 18 heavy (non-hydrogen) atoms. The van der Waals surface area contributed by atoms with E-state index < -0.39 is 0 Å². The van der Waals surface area contributed by atoms with E-state index >= 15 is 0 Å². The molecule has 5 heteroatoms. The van der Waals surface area contributed by atoms with Crippen LogP contribution in [0.5, 0.6) is 0 Å². The highest BCUT2D eigenvalue weighted by Gasteiger charge is 2.17. The van der Waals surface area contributed by atoms with Gasteiger partial charge in [0.05, 0.1) is 13.2 Å². The SMILES string of the molecule is CN(CCOCCBr)c1ncnc2c1CCCC2. The van der Waals surface area contributed by atoms with Gasteiger partial charge in [0.15, 0.2) is 0 Å². The molecule has 0 saturated carbocycles. The summed E-state index contributed by atoms with van der Waals surface area (Å²) < 4.78 is 5.49. The molecule has 0 unspecified atom stereocenters. The first kappa shape index (κ1) is 13.7. The molecule has 0 amide bonds. The van der Waals surface area contributed by atoms with Gasteiger partial charge in [-0.3, -0.25) is 0 Å². The summed E-state index contributed by atoms with van der Waals surface area (Å²) in [7, 11) is 2.08. The number of anilines is 1. The topological polar surface area (TPSA) is 38.2 Å². The van der Waals surface area contributed by atoms with Crippen LogP contribution in [0.3, 0.4) is 0 Å². The fourth-order valence-electron chi connectivity index (χ4n) is 2.30. The molecule has 0 bridgehead atoms. The van der Waals surface area contributed by atoms with E-state index in [1.54, 1.807) is 6.33 Å². The van der Waals surface area contributed by atoms with Crippen LogP contribution in [0.1, 0.15) is 24.1 Å². The van der Waals surface area contributed by atoms with Gasteiger partial charge < -0.3 is 9.64 Å². The highest BCUT2D eigenvalue weighted by atomic mass is 79.9. The second-order valence-electron chi connectivity index (χ2n) is 4.55. The number of hydrogen-bond donors (Lipinski definition) is 0. The first-order chi connectivity index (χ1) is 8.83. The highest BCUT2D eigenvalue weighted by molar-refractivity contribution is 9.09. The Hall–Kier alpha value is -0.680. The molecular weight excluding hydrogens is 294 g/mol. The minimum absolute atomic E-state index is 0.737. The van der Waals surface area contributed by atoms with E-state index in [2.05, 4.69) is 37.8 Å². The number of ether oxygens (including phenoxy) is 1. The largest absolute Gasteiger partial charge is 0.379 e. The molecule has 0 spiro atoms. The van der Waals surface area contributed by atoms with Crippen molar-refractivity contribution in [2.75, 3.05) is 37.0 Å². The normalized spacial score (nSPS) is 14.3. The van der Waals surface area contributed by atoms with E-state index in [1.165, 1.54) is 24.1 Å². The third-order valence-corrected chi connectivity index (χ3v) is 3.58. The van der Waals surface area contributed by atoms with E-state index in [9.17, 15) is 0 Å². The molecule has 0 saturated heterocycles. The molecule has 1 aliphatic rings. The Morgan fingerprint density at radius 1 is 1.28 bits per heavy atom. The Labute approximate surface area is 117 Å². The summed E-state index contributed by atoms with van der Waals surface area (Å²) in [6.07, 6.45) is 6.40. The number of rotatable bonds is 6. The lowest BCUT2D eigenvalue weighted by Gasteiger charge is -2.24. The standard InChI is InChI=1S/C13H20BrN3O/c1-17(7-9-18-8-6-14)13-11-4-2-3-5-12(11)15-10-16-13/h10H,2-9H2,1H3. The van der Waals surface area contributed by atoms with Gasteiger partial charge in [0, 0.05) is 30.2 Å². The van der Waals surface area contributed by atoms with Crippen LogP contribution >= 0.6 is 15.9 Å². The lowest BCUT2D eigenvalue weighted by Crippen LogP contribution is -2.26. The molecule has 0 aliphatic heterocycles. The van der Waals surface area contributed by atoms with Crippen LogP contribution in [0.15, 0.2) is 6.33 Å². The Kier molecular flexibility index (Phi) is 5.38. The van der Waals surface area contributed by atoms with E-state index in [0.717, 1.165) is 43.7 Å². The second kappa shape index (κ2) is 7.04. The van der Waals surface area contributed by atoms with Crippen LogP contribution in [-0.2, 0) is 17.6 Å². The fraction of sp³-hybridized carbons (Fsp3) is 0.692. The molecule has 1 aromatic heterocycles. The van der Waals surface area contributed by atoms with Crippen molar-refractivity contribution in [3.05, 3.63) is 17.6 Å². The van der Waals surface area contributed by atoms with Gasteiger partial charge in [0.2, 0.25) is 0 Å². The van der Waals surface area contributed by atoms with Crippen molar-refractivity contribution in [2.24, 2.45) is 0 Å². The molecule has 100 valence electrons. The van der Waals surface area contributed by atoms with Crippen molar-refractivity contribution in [3.8, 4) is 0 Å². The van der Waals surface area contributed by atoms with Crippen LogP contribution in [0, 0.1) is 0 Å². The second-order valence-corrected chi connectivity index (χ2v) is 5.35. The quantitative estimate of drug-likeness (QED) is 0.596. The highest BCUT2D eigenvalue weighted by Crippen LogP contribution is 2.26. The number of alkyl halides is 1. The molecular formula is C13H20BrN3O. The van der Waals surface area contributed by atoms with Crippen molar-refractivity contribution >= 4 is 21.7 Å². The van der Waals surface area contributed by atoms with Crippen molar-refractivity contribution in [2.45, 2.75) is 25.7 Å². The summed E-state index contributed by atoms with van der Waals surface area (Å²) in [6, 6.07) is 0. The van der Waals surface area contributed by atoms with Crippen LogP contribution in [0.4, 0.5) is 5.82 Å². The predicted octanol–water partition coefficient (Wildman–Crippen LogP) is 2.20. The lowest BCUT2D eigenvalue weighted by molar-refractivity contribution is 0.157. The Balaban J connectivity index is 1.99. The van der Waals surface area contributed by atoms with Crippen LogP contribution in [-0.4, -0.2) is 42.1 Å². The summed E-state index contributed by atoms with van der Waals surface area (Å²) >= 11 is 3.35. The van der Waals surface area contributed by atoms with E-state index in [1.807, 2.05) is 0 Å². The molecule has 4 nitrogen and oxygen atoms in total. The molecule has 0 aromatic carbocycles. The number of aryl methyl sites for hydroxylation is 1. The zero-order valence-corrected chi connectivity index (χ0v) is 12.4. The Morgan fingerprint density at radius 2 is 2.11 bits per heavy atom. The summed E-state index contributed by atoms with van der Waals surface area (Å²) in [5.74, 6) is 1.09. The van der Waals surface area contributed by atoms with Crippen molar-refractivity contribution in [3.63, 3.8) is 0 Å². The van der Waals surface area contributed by atoms with E-state index in [4.69, 9.17) is 4.74 Å². The van der Waals surface area contributed by atoms with Crippen molar-refractivity contribution in [1.82, 2.24) is 9.97 Å². The molecule has 1 heterocycles. The molecule has 1 aliphatic carbocycles. The first-order valence-corrected chi connectivity index (χ1v) is 7.62. The maximum Gasteiger partial charge on any atom is 0.135 e. The average Bonchev–Trinajstić information content (AvgIpc) is 2.43. The van der Waals surface area contributed by atoms with Gasteiger partial charge in [0.25, 0.3) is 0 Å². The molecule has 0 atom stereocenters. The summed E-state index contributed by atoms with van der Waals surface area (Å²) in [4.78, 5) is 11.0. The fourth-order valence-corrected chi connectivity index (χ4v) is 2.53. The van der Waals surface area contributed by atoms with Crippen LogP contribution in [0.2, 0.25) is 0 Å². The summed E-state index contributed by atoms with van der Waals surface area (Å²) in [6.45, 7) is 2.37. The van der Waals surface area contributed by atoms with Gasteiger partial charge in [0.1, 0.15) is 12.1 Å². The predicted molar refractivity (Wildman–Crippen MR) is 76.6 cm³/mol. The van der Waals surface area contributed by atoms with E-state index in [0.29, 0.717) is 0 Å². The molecule has 2 rings (SSSR count). The number of fused-ring (bicyclic) bond motifs is 1. The first-order valence-electron chi connectivity index (χ1n) is 6.50. The van der Waals surface area contributed by atoms with Gasteiger partial charge in [-0.15, -0.1) is 0 Å². The monoisotopic (exact) mass is 313 g/mol.